The van der Waals surface area contributed by atoms with E-state index >= 15 is 0 Å². The number of rotatable bonds is 2. The van der Waals surface area contributed by atoms with Gasteiger partial charge in [-0.3, -0.25) is 9.79 Å². The molecule has 6 heteroatoms. The lowest BCUT2D eigenvalue weighted by Crippen LogP contribution is -2.31. The van der Waals surface area contributed by atoms with Gasteiger partial charge in [-0.15, -0.1) is 0 Å². The van der Waals surface area contributed by atoms with E-state index in [1.54, 1.807) is 0 Å². The van der Waals surface area contributed by atoms with Crippen molar-refractivity contribution in [3.8, 4) is 0 Å². The van der Waals surface area contributed by atoms with E-state index in [9.17, 15) is 18.0 Å². The van der Waals surface area contributed by atoms with Gasteiger partial charge in [0.25, 0.3) is 5.91 Å². The molecule has 0 saturated heterocycles. The van der Waals surface area contributed by atoms with Crippen LogP contribution in [0.2, 0.25) is 0 Å². The molecule has 0 bridgehead atoms. The zero-order valence-corrected chi connectivity index (χ0v) is 9.80. The Bertz CT molecular complexity index is 517. The first-order valence-corrected chi connectivity index (χ1v) is 5.43. The number of carbonyl (C=O) groups excluding carboxylic acids is 1. The molecule has 1 aromatic rings. The molecule has 1 aliphatic heterocycles. The van der Waals surface area contributed by atoms with Crippen LogP contribution in [-0.2, 0) is 4.79 Å². The van der Waals surface area contributed by atoms with Gasteiger partial charge in [-0.1, -0.05) is 13.8 Å². The average Bonchev–Trinajstić information content (AvgIpc) is 2.67. The number of hydrogen-bond acceptors (Lipinski definition) is 2. The monoisotopic (exact) mass is 256 g/mol. The van der Waals surface area contributed by atoms with Crippen LogP contribution in [0.15, 0.2) is 17.1 Å². The summed E-state index contributed by atoms with van der Waals surface area (Å²) in [5.74, 6) is -4.45. The van der Waals surface area contributed by atoms with Gasteiger partial charge in [-0.05, 0) is 18.1 Å². The molecule has 0 radical (unpaired) electrons. The molecule has 0 aromatic heterocycles. The maximum atomic E-state index is 13.1. The Morgan fingerprint density at radius 1 is 1.22 bits per heavy atom. The Hall–Kier alpha value is -1.85. The van der Waals surface area contributed by atoms with Crippen molar-refractivity contribution in [1.29, 1.82) is 0 Å². The average molecular weight is 256 g/mol. The molecule has 0 fully saturated rings. The summed E-state index contributed by atoms with van der Waals surface area (Å²) in [6.45, 7) is 3.62. The van der Waals surface area contributed by atoms with E-state index in [2.05, 4.69) is 10.3 Å². The molecule has 2 rings (SSSR count). The van der Waals surface area contributed by atoms with Gasteiger partial charge >= 0.3 is 0 Å². The zero-order chi connectivity index (χ0) is 13.4. The molecule has 1 amide bonds. The molecular formula is C12H11F3N2O. The molecule has 18 heavy (non-hydrogen) atoms. The largest absolute Gasteiger partial charge is 0.309 e. The van der Waals surface area contributed by atoms with E-state index < -0.39 is 23.5 Å². The van der Waals surface area contributed by atoms with Crippen molar-refractivity contribution < 1.29 is 18.0 Å². The normalized spacial score (nSPS) is 19.1. The first-order chi connectivity index (χ1) is 8.40. The standard InChI is InChI=1S/C12H11F3N2O/c1-5(2)10-12(18)17-11(16-10)6-3-7(13)9(15)8(14)4-6/h3-5,10H,1-2H3,(H,16,17,18). The topological polar surface area (TPSA) is 41.5 Å². The Morgan fingerprint density at radius 3 is 2.22 bits per heavy atom. The molecule has 0 saturated carbocycles. The number of amidine groups is 1. The molecule has 0 spiro atoms. The van der Waals surface area contributed by atoms with Gasteiger partial charge in [0.2, 0.25) is 0 Å². The Labute approximate surface area is 102 Å². The van der Waals surface area contributed by atoms with Crippen LogP contribution in [0.25, 0.3) is 0 Å². The highest BCUT2D eigenvalue weighted by Gasteiger charge is 2.30. The van der Waals surface area contributed by atoms with Crippen molar-refractivity contribution >= 4 is 11.7 Å². The van der Waals surface area contributed by atoms with Gasteiger partial charge in [-0.2, -0.15) is 0 Å². The second-order valence-electron chi connectivity index (χ2n) is 4.41. The first kappa shape index (κ1) is 12.6. The molecule has 1 aliphatic rings. The minimum Gasteiger partial charge on any atom is -0.309 e. The molecule has 1 aromatic carbocycles. The molecule has 1 N–H and O–H groups in total. The fraction of sp³-hybridized carbons (Fsp3) is 0.333. The fourth-order valence-corrected chi connectivity index (χ4v) is 1.71. The summed E-state index contributed by atoms with van der Waals surface area (Å²) in [6.07, 6.45) is 0. The quantitative estimate of drug-likeness (QED) is 0.808. The molecule has 1 atom stereocenters. The second-order valence-corrected chi connectivity index (χ2v) is 4.41. The van der Waals surface area contributed by atoms with Crippen LogP contribution in [0.5, 0.6) is 0 Å². The summed E-state index contributed by atoms with van der Waals surface area (Å²) in [7, 11) is 0. The van der Waals surface area contributed by atoms with Crippen molar-refractivity contribution in [3.63, 3.8) is 0 Å². The van der Waals surface area contributed by atoms with Crippen molar-refractivity contribution in [2.45, 2.75) is 19.9 Å². The van der Waals surface area contributed by atoms with Crippen LogP contribution in [-0.4, -0.2) is 17.8 Å². The summed E-state index contributed by atoms with van der Waals surface area (Å²) in [5, 5.41) is 2.43. The summed E-state index contributed by atoms with van der Waals surface area (Å²) in [6, 6.07) is 1.02. The maximum Gasteiger partial charge on any atom is 0.250 e. The van der Waals surface area contributed by atoms with Crippen LogP contribution >= 0.6 is 0 Å². The fourth-order valence-electron chi connectivity index (χ4n) is 1.71. The summed E-state index contributed by atoms with van der Waals surface area (Å²) in [5.41, 5.74) is 0.0166. The van der Waals surface area contributed by atoms with Crippen molar-refractivity contribution in [3.05, 3.63) is 35.1 Å². The van der Waals surface area contributed by atoms with Crippen molar-refractivity contribution in [1.82, 2.24) is 5.32 Å². The third-order valence-electron chi connectivity index (χ3n) is 2.67. The van der Waals surface area contributed by atoms with E-state index in [-0.39, 0.29) is 23.2 Å². The highest BCUT2D eigenvalue weighted by atomic mass is 19.2. The van der Waals surface area contributed by atoms with E-state index in [1.165, 1.54) is 0 Å². The van der Waals surface area contributed by atoms with Gasteiger partial charge in [-0.25, -0.2) is 13.2 Å². The number of carbonyl (C=O) groups is 1. The lowest BCUT2D eigenvalue weighted by molar-refractivity contribution is -0.120. The van der Waals surface area contributed by atoms with Crippen LogP contribution in [0.1, 0.15) is 19.4 Å². The van der Waals surface area contributed by atoms with Gasteiger partial charge in [0.05, 0.1) is 0 Å². The SMILES string of the molecule is CC(C)C1N=C(c2cc(F)c(F)c(F)c2)NC1=O. The first-order valence-electron chi connectivity index (χ1n) is 5.43. The van der Waals surface area contributed by atoms with E-state index in [0.717, 1.165) is 12.1 Å². The smallest absolute Gasteiger partial charge is 0.250 e. The molecule has 1 heterocycles. The van der Waals surface area contributed by atoms with E-state index in [0.29, 0.717) is 0 Å². The van der Waals surface area contributed by atoms with E-state index in [4.69, 9.17) is 0 Å². The number of nitrogens with one attached hydrogen (secondary N) is 1. The minimum atomic E-state index is -1.54. The van der Waals surface area contributed by atoms with Gasteiger partial charge in [0.1, 0.15) is 11.9 Å². The van der Waals surface area contributed by atoms with Crippen molar-refractivity contribution in [2.24, 2.45) is 10.9 Å². The molecule has 96 valence electrons. The zero-order valence-electron chi connectivity index (χ0n) is 9.80. The summed E-state index contributed by atoms with van der Waals surface area (Å²) < 4.78 is 38.9. The number of aliphatic imine (C=N–C) groups is 1. The summed E-state index contributed by atoms with van der Waals surface area (Å²) in [4.78, 5) is 15.6. The lowest BCUT2D eigenvalue weighted by atomic mass is 10.1. The minimum absolute atomic E-state index is 0.0166. The maximum absolute atomic E-state index is 13.1. The number of halogens is 3. The van der Waals surface area contributed by atoms with Crippen LogP contribution in [0.3, 0.4) is 0 Å². The second kappa shape index (κ2) is 4.44. The lowest BCUT2D eigenvalue weighted by Gasteiger charge is -2.06. The van der Waals surface area contributed by atoms with E-state index in [1.807, 2.05) is 13.8 Å². The number of hydrogen-bond donors (Lipinski definition) is 1. The predicted molar refractivity (Wildman–Crippen MR) is 59.6 cm³/mol. The predicted octanol–water partition coefficient (Wildman–Crippen LogP) is 2.00. The molecular weight excluding hydrogens is 245 g/mol. The molecule has 3 nitrogen and oxygen atoms in total. The third kappa shape index (κ3) is 2.10. The van der Waals surface area contributed by atoms with Crippen LogP contribution in [0.4, 0.5) is 13.2 Å². The molecule has 1 unspecified atom stereocenters. The third-order valence-corrected chi connectivity index (χ3v) is 2.67. The number of amides is 1. The van der Waals surface area contributed by atoms with Crippen LogP contribution < -0.4 is 5.32 Å². The number of nitrogens with zero attached hydrogens (tertiary/aromatic N) is 1. The van der Waals surface area contributed by atoms with Crippen molar-refractivity contribution in [2.75, 3.05) is 0 Å². The Morgan fingerprint density at radius 2 is 1.78 bits per heavy atom. The summed E-state index contributed by atoms with van der Waals surface area (Å²) >= 11 is 0. The Balaban J connectivity index is 2.39. The highest BCUT2D eigenvalue weighted by molar-refractivity contribution is 6.13. The van der Waals surface area contributed by atoms with Crippen LogP contribution in [0, 0.1) is 23.4 Å². The molecule has 0 aliphatic carbocycles. The number of benzene rings is 1. The Kier molecular flexibility index (Phi) is 3.11. The van der Waals surface area contributed by atoms with Gasteiger partial charge < -0.3 is 5.32 Å². The van der Waals surface area contributed by atoms with Gasteiger partial charge in [0.15, 0.2) is 17.5 Å². The van der Waals surface area contributed by atoms with Gasteiger partial charge in [0, 0.05) is 5.56 Å². The highest BCUT2D eigenvalue weighted by Crippen LogP contribution is 2.18.